The summed E-state index contributed by atoms with van der Waals surface area (Å²) in [7, 11) is 0. The van der Waals surface area contributed by atoms with E-state index < -0.39 is 0 Å². The average molecular weight is 236 g/mol. The van der Waals surface area contributed by atoms with E-state index in [4.69, 9.17) is 0 Å². The fourth-order valence-electron chi connectivity index (χ4n) is 1.69. The number of carbonyl (C=O) groups is 1. The van der Waals surface area contributed by atoms with Gasteiger partial charge in [-0.3, -0.25) is 9.78 Å². The maximum atomic E-state index is 11.8. The molecule has 2 atom stereocenters. The van der Waals surface area contributed by atoms with Crippen LogP contribution >= 0.6 is 0 Å². The molecule has 2 unspecified atom stereocenters. The lowest BCUT2D eigenvalue weighted by molar-refractivity contribution is 0.0934. The number of aromatic nitrogens is 1. The highest BCUT2D eigenvalue weighted by Crippen LogP contribution is 2.11. The molecule has 0 saturated carbocycles. The second-order valence-electron chi connectivity index (χ2n) is 4.56. The molecule has 0 aliphatic rings. The molecule has 0 radical (unpaired) electrons. The maximum absolute atomic E-state index is 11.8. The topological polar surface area (TPSA) is 62.2 Å². The summed E-state index contributed by atoms with van der Waals surface area (Å²) in [4.78, 5) is 15.6. The van der Waals surface area contributed by atoms with Gasteiger partial charge < -0.3 is 10.4 Å². The lowest BCUT2D eigenvalue weighted by atomic mass is 10.0. The highest BCUT2D eigenvalue weighted by molar-refractivity contribution is 5.94. The Balaban J connectivity index is 2.54. The molecule has 0 aliphatic heterocycles. The van der Waals surface area contributed by atoms with Crippen molar-refractivity contribution in [3.05, 3.63) is 24.0 Å². The van der Waals surface area contributed by atoms with Crippen LogP contribution in [0, 0.1) is 5.92 Å². The van der Waals surface area contributed by atoms with Gasteiger partial charge in [0.05, 0.1) is 11.8 Å². The van der Waals surface area contributed by atoms with Gasteiger partial charge in [-0.05, 0) is 25.3 Å². The molecule has 1 amide bonds. The Morgan fingerprint density at radius 1 is 1.47 bits per heavy atom. The van der Waals surface area contributed by atoms with Crippen LogP contribution in [0.15, 0.2) is 18.5 Å². The molecule has 1 aromatic heterocycles. The molecule has 94 valence electrons. The van der Waals surface area contributed by atoms with Gasteiger partial charge in [0.15, 0.2) is 0 Å². The Labute approximate surface area is 102 Å². The second-order valence-corrected chi connectivity index (χ2v) is 4.56. The molecule has 0 saturated heterocycles. The standard InChI is InChI=1S/C13H20N2O2/c1-4-9(2)5-10(3)15-13(17)11-6-12(16)8-14-7-11/h6-10,16H,4-5H2,1-3H3,(H,15,17). The molecular weight excluding hydrogens is 216 g/mol. The molecule has 1 rings (SSSR count). The number of aromatic hydroxyl groups is 1. The van der Waals surface area contributed by atoms with Gasteiger partial charge in [0.2, 0.25) is 0 Å². The number of amides is 1. The molecule has 2 N–H and O–H groups in total. The summed E-state index contributed by atoms with van der Waals surface area (Å²) in [6.07, 6.45) is 4.81. The van der Waals surface area contributed by atoms with Crippen LogP contribution in [0.4, 0.5) is 0 Å². The van der Waals surface area contributed by atoms with E-state index in [0.29, 0.717) is 11.5 Å². The lowest BCUT2D eigenvalue weighted by Gasteiger charge is -2.17. The molecule has 0 aromatic carbocycles. The van der Waals surface area contributed by atoms with Gasteiger partial charge >= 0.3 is 0 Å². The van der Waals surface area contributed by atoms with Crippen LogP contribution in [0.3, 0.4) is 0 Å². The van der Waals surface area contributed by atoms with Crippen molar-refractivity contribution in [1.82, 2.24) is 10.3 Å². The van der Waals surface area contributed by atoms with E-state index in [-0.39, 0.29) is 17.7 Å². The number of hydrogen-bond donors (Lipinski definition) is 2. The first-order valence-corrected chi connectivity index (χ1v) is 5.97. The van der Waals surface area contributed by atoms with Crippen molar-refractivity contribution in [3.63, 3.8) is 0 Å². The summed E-state index contributed by atoms with van der Waals surface area (Å²) < 4.78 is 0. The molecular formula is C13H20N2O2. The van der Waals surface area contributed by atoms with Crippen molar-refractivity contribution in [2.75, 3.05) is 0 Å². The van der Waals surface area contributed by atoms with Crippen molar-refractivity contribution in [3.8, 4) is 5.75 Å². The normalized spacial score (nSPS) is 14.1. The Bertz CT molecular complexity index is 379. The Morgan fingerprint density at radius 2 is 2.18 bits per heavy atom. The smallest absolute Gasteiger partial charge is 0.253 e. The number of pyridine rings is 1. The first kappa shape index (κ1) is 13.5. The number of carbonyl (C=O) groups excluding carboxylic acids is 1. The van der Waals surface area contributed by atoms with Gasteiger partial charge in [0.25, 0.3) is 5.91 Å². The number of hydrogen-bond acceptors (Lipinski definition) is 3. The Morgan fingerprint density at radius 3 is 2.76 bits per heavy atom. The second kappa shape index (κ2) is 6.23. The molecule has 4 nitrogen and oxygen atoms in total. The number of rotatable bonds is 5. The molecule has 0 spiro atoms. The van der Waals surface area contributed by atoms with Crippen molar-refractivity contribution in [2.45, 2.75) is 39.7 Å². The average Bonchev–Trinajstić information content (AvgIpc) is 2.28. The Hall–Kier alpha value is -1.58. The molecule has 4 heteroatoms. The predicted molar refractivity (Wildman–Crippen MR) is 66.9 cm³/mol. The summed E-state index contributed by atoms with van der Waals surface area (Å²) in [6.45, 7) is 6.29. The molecule has 0 aliphatic carbocycles. The first-order chi connectivity index (χ1) is 8.02. The van der Waals surface area contributed by atoms with Crippen molar-refractivity contribution >= 4 is 5.91 Å². The third-order valence-electron chi connectivity index (χ3n) is 2.82. The molecule has 0 bridgehead atoms. The minimum atomic E-state index is -0.191. The van der Waals surface area contributed by atoms with Crippen molar-refractivity contribution < 1.29 is 9.90 Å². The largest absolute Gasteiger partial charge is 0.506 e. The summed E-state index contributed by atoms with van der Waals surface area (Å²) >= 11 is 0. The summed E-state index contributed by atoms with van der Waals surface area (Å²) in [5.41, 5.74) is 0.390. The molecule has 0 fully saturated rings. The van der Waals surface area contributed by atoms with Crippen LogP contribution in [0.2, 0.25) is 0 Å². The summed E-state index contributed by atoms with van der Waals surface area (Å²) in [5, 5.41) is 12.1. The van der Waals surface area contributed by atoms with Crippen molar-refractivity contribution in [2.24, 2.45) is 5.92 Å². The SMILES string of the molecule is CCC(C)CC(C)NC(=O)c1cncc(O)c1. The van der Waals surface area contributed by atoms with E-state index in [1.54, 1.807) is 0 Å². The van der Waals surface area contributed by atoms with Crippen LogP contribution in [0.25, 0.3) is 0 Å². The molecule has 1 aromatic rings. The van der Waals surface area contributed by atoms with Crippen LogP contribution in [-0.2, 0) is 0 Å². The minimum Gasteiger partial charge on any atom is -0.506 e. The van der Waals surface area contributed by atoms with Gasteiger partial charge in [0, 0.05) is 12.2 Å². The zero-order valence-electron chi connectivity index (χ0n) is 10.6. The van der Waals surface area contributed by atoms with Crippen LogP contribution in [0.1, 0.15) is 44.0 Å². The number of nitrogens with zero attached hydrogens (tertiary/aromatic N) is 1. The van der Waals surface area contributed by atoms with Crippen LogP contribution in [0.5, 0.6) is 5.75 Å². The van der Waals surface area contributed by atoms with E-state index in [1.165, 1.54) is 18.5 Å². The van der Waals surface area contributed by atoms with E-state index in [0.717, 1.165) is 12.8 Å². The first-order valence-electron chi connectivity index (χ1n) is 5.97. The van der Waals surface area contributed by atoms with E-state index in [9.17, 15) is 9.90 Å². The van der Waals surface area contributed by atoms with Crippen molar-refractivity contribution in [1.29, 1.82) is 0 Å². The molecule has 17 heavy (non-hydrogen) atoms. The quantitative estimate of drug-likeness (QED) is 0.824. The minimum absolute atomic E-state index is 0.00669. The van der Waals surface area contributed by atoms with Crippen LogP contribution < -0.4 is 5.32 Å². The summed E-state index contributed by atoms with van der Waals surface area (Å²) in [6, 6.07) is 1.54. The third kappa shape index (κ3) is 4.43. The maximum Gasteiger partial charge on any atom is 0.253 e. The predicted octanol–water partition coefficient (Wildman–Crippen LogP) is 2.34. The summed E-state index contributed by atoms with van der Waals surface area (Å²) in [5.74, 6) is 0.407. The van der Waals surface area contributed by atoms with Gasteiger partial charge in [-0.2, -0.15) is 0 Å². The van der Waals surface area contributed by atoms with Gasteiger partial charge in [-0.15, -0.1) is 0 Å². The Kier molecular flexibility index (Phi) is 4.94. The highest BCUT2D eigenvalue weighted by atomic mass is 16.3. The van der Waals surface area contributed by atoms with Gasteiger partial charge in [0.1, 0.15) is 5.75 Å². The monoisotopic (exact) mass is 236 g/mol. The van der Waals surface area contributed by atoms with E-state index >= 15 is 0 Å². The van der Waals surface area contributed by atoms with E-state index in [1.807, 2.05) is 6.92 Å². The lowest BCUT2D eigenvalue weighted by Crippen LogP contribution is -2.33. The van der Waals surface area contributed by atoms with Gasteiger partial charge in [-0.1, -0.05) is 20.3 Å². The third-order valence-corrected chi connectivity index (χ3v) is 2.82. The van der Waals surface area contributed by atoms with E-state index in [2.05, 4.69) is 24.1 Å². The zero-order valence-corrected chi connectivity index (χ0v) is 10.6. The zero-order chi connectivity index (χ0) is 12.8. The number of nitrogens with one attached hydrogen (secondary N) is 1. The fourth-order valence-corrected chi connectivity index (χ4v) is 1.69. The van der Waals surface area contributed by atoms with Crippen LogP contribution in [-0.4, -0.2) is 22.0 Å². The highest BCUT2D eigenvalue weighted by Gasteiger charge is 2.12. The van der Waals surface area contributed by atoms with Gasteiger partial charge in [-0.25, -0.2) is 0 Å². The fraction of sp³-hybridized carbons (Fsp3) is 0.538. The molecule has 1 heterocycles.